The molecule has 50 heavy (non-hydrogen) atoms. The van der Waals surface area contributed by atoms with Crippen LogP contribution in [0.2, 0.25) is 0 Å². The number of ether oxygens (including phenoxy) is 2. The van der Waals surface area contributed by atoms with Crippen LogP contribution in [0.3, 0.4) is 0 Å². The lowest BCUT2D eigenvalue weighted by molar-refractivity contribution is -0.193. The molecule has 1 fully saturated rings. The molecule has 1 aliphatic carbocycles. The number of anilines is 1. The van der Waals surface area contributed by atoms with E-state index in [0.29, 0.717) is 24.3 Å². The SMILES string of the molecule is Cc1ccc2nc(C(=O)NCCc3ccc4c(c3)OCO4)nc(NC3CCCCC3N=C(N)N)c2c1.O=C(O)C(F)(F)F.O=C(O)C(F)(F)F. The van der Waals surface area contributed by atoms with Crippen molar-refractivity contribution in [1.82, 2.24) is 15.3 Å². The van der Waals surface area contributed by atoms with Gasteiger partial charge in [0.2, 0.25) is 12.6 Å². The quantitative estimate of drug-likeness (QED) is 0.116. The van der Waals surface area contributed by atoms with Crippen molar-refractivity contribution in [2.75, 3.05) is 18.7 Å². The maximum absolute atomic E-state index is 13.0. The van der Waals surface area contributed by atoms with Gasteiger partial charge in [-0.2, -0.15) is 26.3 Å². The number of aromatic nitrogens is 2. The van der Waals surface area contributed by atoms with Crippen molar-refractivity contribution >= 4 is 40.5 Å². The van der Waals surface area contributed by atoms with Crippen molar-refractivity contribution < 1.29 is 60.4 Å². The lowest BCUT2D eigenvalue weighted by Gasteiger charge is -2.30. The van der Waals surface area contributed by atoms with Crippen LogP contribution < -0.4 is 31.6 Å². The van der Waals surface area contributed by atoms with Gasteiger partial charge in [-0.15, -0.1) is 0 Å². The number of guanidine groups is 1. The summed E-state index contributed by atoms with van der Waals surface area (Å²) in [6.45, 7) is 2.69. The number of halogens is 6. The molecule has 2 atom stereocenters. The number of aryl methyl sites for hydroxylation is 1. The van der Waals surface area contributed by atoms with Crippen molar-refractivity contribution in [3.8, 4) is 11.5 Å². The molecule has 3 aromatic rings. The molecular weight excluding hydrogens is 684 g/mol. The monoisotopic (exact) mass is 717 g/mol. The van der Waals surface area contributed by atoms with Gasteiger partial charge in [-0.25, -0.2) is 24.5 Å². The first-order valence-electron chi connectivity index (χ1n) is 14.8. The number of hydrogen-bond acceptors (Lipinski definition) is 9. The number of alkyl halides is 6. The Morgan fingerprint density at radius 1 is 0.920 bits per heavy atom. The van der Waals surface area contributed by atoms with E-state index < -0.39 is 24.3 Å². The van der Waals surface area contributed by atoms with Gasteiger partial charge in [0.1, 0.15) is 5.82 Å². The second-order valence-corrected chi connectivity index (χ2v) is 10.9. The van der Waals surface area contributed by atoms with E-state index >= 15 is 0 Å². The highest BCUT2D eigenvalue weighted by Crippen LogP contribution is 2.32. The zero-order valence-electron chi connectivity index (χ0n) is 26.3. The molecule has 0 saturated heterocycles. The Morgan fingerprint density at radius 3 is 2.16 bits per heavy atom. The lowest BCUT2D eigenvalue weighted by atomic mass is 9.90. The minimum absolute atomic E-state index is 0.0152. The third-order valence-electron chi connectivity index (χ3n) is 7.04. The predicted octanol–water partition coefficient (Wildman–Crippen LogP) is 3.90. The molecule has 0 radical (unpaired) electrons. The molecule has 0 spiro atoms. The fourth-order valence-electron chi connectivity index (χ4n) is 4.75. The van der Waals surface area contributed by atoms with Gasteiger partial charge in [0.05, 0.1) is 17.6 Å². The molecule has 1 aliphatic heterocycles. The maximum Gasteiger partial charge on any atom is 0.490 e. The smallest absolute Gasteiger partial charge is 0.475 e. The number of benzene rings is 2. The van der Waals surface area contributed by atoms with E-state index in [1.54, 1.807) is 0 Å². The van der Waals surface area contributed by atoms with Crippen molar-refractivity contribution in [2.24, 2.45) is 16.5 Å². The van der Waals surface area contributed by atoms with Crippen molar-refractivity contribution in [3.05, 3.63) is 53.3 Å². The molecule has 2 aliphatic rings. The van der Waals surface area contributed by atoms with E-state index in [4.69, 9.17) is 40.7 Å². The number of amides is 1. The normalized spacial score (nSPS) is 16.5. The number of fused-ring (bicyclic) bond motifs is 2. The highest BCUT2D eigenvalue weighted by atomic mass is 19.4. The second kappa shape index (κ2) is 16.7. The fraction of sp³-hybridized carbons (Fsp3) is 0.400. The summed E-state index contributed by atoms with van der Waals surface area (Å²) in [6.07, 6.45) is -5.58. The zero-order chi connectivity index (χ0) is 37.2. The van der Waals surface area contributed by atoms with E-state index in [1.807, 2.05) is 43.3 Å². The van der Waals surface area contributed by atoms with Crippen LogP contribution >= 0.6 is 0 Å². The van der Waals surface area contributed by atoms with E-state index in [0.717, 1.165) is 53.7 Å². The summed E-state index contributed by atoms with van der Waals surface area (Å²) in [7, 11) is 0. The molecule has 20 heteroatoms. The standard InChI is InChI=1S/C26H31N7O3.2C2HF3O2/c1-15-6-8-18-17(12-15)23(31-19-4-2-3-5-20(19)32-26(27)28)33-24(30-18)25(34)29-11-10-16-7-9-21-22(13-16)36-14-35-21;2*3-2(4,5)1(6)7/h6-9,12-13,19-20H,2-5,10-11,14H2,1H3,(H,29,34)(H4,27,28,32)(H,30,31,33);2*(H,6,7). The Bertz CT molecular complexity index is 1690. The summed E-state index contributed by atoms with van der Waals surface area (Å²) >= 11 is 0. The summed E-state index contributed by atoms with van der Waals surface area (Å²) in [4.78, 5) is 44.4. The number of hydrogen-bond donors (Lipinski definition) is 6. The van der Waals surface area contributed by atoms with Gasteiger partial charge in [0.25, 0.3) is 5.91 Å². The number of carbonyl (C=O) groups excluding carboxylic acids is 1. The maximum atomic E-state index is 13.0. The molecule has 1 amide bonds. The average Bonchev–Trinajstić information content (AvgIpc) is 3.49. The lowest BCUT2D eigenvalue weighted by Crippen LogP contribution is -2.38. The van der Waals surface area contributed by atoms with Crippen molar-refractivity contribution in [2.45, 2.75) is 63.5 Å². The number of aliphatic carboxylic acids is 2. The molecular formula is C30H33F6N7O7. The summed E-state index contributed by atoms with van der Waals surface area (Å²) in [5.41, 5.74) is 14.2. The van der Waals surface area contributed by atoms with Crippen LogP contribution in [-0.2, 0) is 16.0 Å². The Kier molecular flexibility index (Phi) is 13.0. The summed E-state index contributed by atoms with van der Waals surface area (Å²) in [5, 5.41) is 21.6. The van der Waals surface area contributed by atoms with Gasteiger partial charge in [-0.3, -0.25) is 4.79 Å². The van der Waals surface area contributed by atoms with Gasteiger partial charge in [-0.05, 0) is 56.0 Å². The number of nitrogens with one attached hydrogen (secondary N) is 2. The van der Waals surface area contributed by atoms with Crippen molar-refractivity contribution in [3.63, 3.8) is 0 Å². The molecule has 1 saturated carbocycles. The van der Waals surface area contributed by atoms with Crippen LogP contribution in [0.25, 0.3) is 10.9 Å². The molecule has 2 heterocycles. The first kappa shape index (κ1) is 38.9. The third kappa shape index (κ3) is 11.5. The molecule has 5 rings (SSSR count). The molecule has 14 nitrogen and oxygen atoms in total. The summed E-state index contributed by atoms with van der Waals surface area (Å²) in [5.74, 6) is -3.56. The first-order chi connectivity index (χ1) is 23.3. The minimum Gasteiger partial charge on any atom is -0.475 e. The minimum atomic E-state index is -5.08. The zero-order valence-corrected chi connectivity index (χ0v) is 26.3. The molecule has 2 unspecified atom stereocenters. The van der Waals surface area contributed by atoms with Crippen LogP contribution in [0, 0.1) is 6.92 Å². The number of nitrogens with two attached hydrogens (primary N) is 2. The van der Waals surface area contributed by atoms with E-state index in [2.05, 4.69) is 25.6 Å². The van der Waals surface area contributed by atoms with Gasteiger partial charge in [0.15, 0.2) is 17.5 Å². The molecule has 0 bridgehead atoms. The fourth-order valence-corrected chi connectivity index (χ4v) is 4.75. The van der Waals surface area contributed by atoms with E-state index in [9.17, 15) is 31.1 Å². The summed E-state index contributed by atoms with van der Waals surface area (Å²) < 4.78 is 74.3. The largest absolute Gasteiger partial charge is 0.490 e. The molecule has 2 aromatic carbocycles. The topological polar surface area (TPSA) is 224 Å². The van der Waals surface area contributed by atoms with Gasteiger partial charge >= 0.3 is 24.3 Å². The number of nitrogens with zero attached hydrogens (tertiary/aromatic N) is 3. The van der Waals surface area contributed by atoms with Crippen molar-refractivity contribution in [1.29, 1.82) is 0 Å². The summed E-state index contributed by atoms with van der Waals surface area (Å²) in [6, 6.07) is 11.7. The Morgan fingerprint density at radius 2 is 1.54 bits per heavy atom. The molecule has 272 valence electrons. The predicted molar refractivity (Wildman–Crippen MR) is 166 cm³/mol. The van der Waals surface area contributed by atoms with Crippen LogP contribution in [-0.4, -0.2) is 81.8 Å². The van der Waals surface area contributed by atoms with Gasteiger partial charge in [-0.1, -0.05) is 30.5 Å². The Balaban J connectivity index is 0.000000408. The highest BCUT2D eigenvalue weighted by Gasteiger charge is 2.39. The third-order valence-corrected chi connectivity index (χ3v) is 7.04. The van der Waals surface area contributed by atoms with Gasteiger partial charge in [0, 0.05) is 11.9 Å². The van der Waals surface area contributed by atoms with Crippen LogP contribution in [0.5, 0.6) is 11.5 Å². The first-order valence-corrected chi connectivity index (χ1v) is 14.8. The average molecular weight is 718 g/mol. The van der Waals surface area contributed by atoms with Gasteiger partial charge < -0.3 is 41.8 Å². The Hall–Kier alpha value is -5.56. The second-order valence-electron chi connectivity index (χ2n) is 10.9. The number of rotatable bonds is 7. The number of carbonyl (C=O) groups is 3. The Labute approximate surface area is 279 Å². The number of carboxylic acids is 2. The van der Waals surface area contributed by atoms with Crippen LogP contribution in [0.4, 0.5) is 32.2 Å². The molecule has 8 N–H and O–H groups in total. The number of aliphatic imine (C=N–C) groups is 1. The number of carboxylic acid groups (broad SMARTS) is 2. The molecule has 1 aromatic heterocycles. The van der Waals surface area contributed by atoms with E-state index in [-0.39, 0.29) is 36.6 Å². The van der Waals surface area contributed by atoms with Crippen LogP contribution in [0.15, 0.2) is 41.4 Å². The van der Waals surface area contributed by atoms with Crippen LogP contribution in [0.1, 0.15) is 47.4 Å². The van der Waals surface area contributed by atoms with E-state index in [1.165, 1.54) is 0 Å². The highest BCUT2D eigenvalue weighted by molar-refractivity contribution is 5.96.